The van der Waals surface area contributed by atoms with Crippen molar-refractivity contribution in [3.63, 3.8) is 0 Å². The Balaban J connectivity index is 1.44. The minimum absolute atomic E-state index is 0.246. The van der Waals surface area contributed by atoms with Crippen molar-refractivity contribution >= 4 is 22.9 Å². The standard InChI is InChI=1S/C23H23FN2O3/c24-17-4-6-20-19(9-17)21(23(28)25-20)22-18-5-3-14(8-16(18)13-29-22)10-26-7-1-2-15(11-26)12-27/h3-6,8-9,15,27H,1-2,7,10-13H2,(H,25,28)/b22-21+. The number of ether oxygens (including phenoxy) is 1. The summed E-state index contributed by atoms with van der Waals surface area (Å²) in [6.07, 6.45) is 2.20. The number of hydrogen-bond acceptors (Lipinski definition) is 4. The maximum atomic E-state index is 13.8. The SMILES string of the molecule is O=C1Nc2ccc(F)cc2/C1=C1\OCc2cc(CN3CCCC(CO)C3)ccc21. The fraction of sp³-hybridized carbons (Fsp3) is 0.348. The number of benzene rings is 2. The molecule has 5 rings (SSSR count). The van der Waals surface area contributed by atoms with E-state index < -0.39 is 0 Å². The van der Waals surface area contributed by atoms with Crippen LogP contribution < -0.4 is 5.32 Å². The lowest BCUT2D eigenvalue weighted by Crippen LogP contribution is -2.36. The van der Waals surface area contributed by atoms with Crippen LogP contribution in [0.2, 0.25) is 0 Å². The monoisotopic (exact) mass is 394 g/mol. The summed E-state index contributed by atoms with van der Waals surface area (Å²) in [6.45, 7) is 3.45. The van der Waals surface area contributed by atoms with Crippen LogP contribution in [0.25, 0.3) is 11.3 Å². The van der Waals surface area contributed by atoms with Crippen LogP contribution in [-0.2, 0) is 22.7 Å². The van der Waals surface area contributed by atoms with Crippen LogP contribution in [0.4, 0.5) is 10.1 Å². The number of piperidine rings is 1. The number of hydrogen-bond donors (Lipinski definition) is 2. The van der Waals surface area contributed by atoms with Crippen LogP contribution in [0.5, 0.6) is 0 Å². The number of nitrogens with one attached hydrogen (secondary N) is 1. The highest BCUT2D eigenvalue weighted by Gasteiger charge is 2.33. The van der Waals surface area contributed by atoms with E-state index in [1.54, 1.807) is 6.07 Å². The van der Waals surface area contributed by atoms with Gasteiger partial charge in [-0.15, -0.1) is 0 Å². The Kier molecular flexibility index (Phi) is 4.60. The molecule has 29 heavy (non-hydrogen) atoms. The van der Waals surface area contributed by atoms with Gasteiger partial charge in [0.15, 0.2) is 0 Å². The number of aliphatic hydroxyl groups is 1. The van der Waals surface area contributed by atoms with Crippen molar-refractivity contribution in [2.45, 2.75) is 26.0 Å². The molecule has 2 aromatic rings. The number of amides is 1. The molecule has 1 fully saturated rings. The normalized spacial score (nSPS) is 23.5. The summed E-state index contributed by atoms with van der Waals surface area (Å²) in [5, 5.41) is 12.2. The largest absolute Gasteiger partial charge is 0.487 e. The summed E-state index contributed by atoms with van der Waals surface area (Å²) in [4.78, 5) is 14.9. The topological polar surface area (TPSA) is 61.8 Å². The van der Waals surface area contributed by atoms with Gasteiger partial charge in [-0.1, -0.05) is 18.2 Å². The minimum Gasteiger partial charge on any atom is -0.487 e. The Bertz CT molecular complexity index is 1020. The quantitative estimate of drug-likeness (QED) is 0.784. The Morgan fingerprint density at radius 2 is 2.10 bits per heavy atom. The molecule has 1 unspecified atom stereocenters. The molecule has 1 saturated heterocycles. The van der Waals surface area contributed by atoms with Crippen LogP contribution in [0.3, 0.4) is 0 Å². The molecule has 1 amide bonds. The third-order valence-corrected chi connectivity index (χ3v) is 6.01. The van der Waals surface area contributed by atoms with Gasteiger partial charge >= 0.3 is 0 Å². The first-order valence-corrected chi connectivity index (χ1v) is 10.1. The summed E-state index contributed by atoms with van der Waals surface area (Å²) in [6, 6.07) is 10.5. The first-order valence-electron chi connectivity index (χ1n) is 10.1. The first-order chi connectivity index (χ1) is 14.1. The second-order valence-corrected chi connectivity index (χ2v) is 8.05. The van der Waals surface area contributed by atoms with Gasteiger partial charge in [-0.05, 0) is 49.1 Å². The molecule has 3 aliphatic rings. The average Bonchev–Trinajstić information content (AvgIpc) is 3.27. The third kappa shape index (κ3) is 3.32. The van der Waals surface area contributed by atoms with Crippen molar-refractivity contribution < 1.29 is 19.0 Å². The fourth-order valence-corrected chi connectivity index (χ4v) is 4.59. The Morgan fingerprint density at radius 3 is 2.97 bits per heavy atom. The zero-order valence-corrected chi connectivity index (χ0v) is 16.1. The highest BCUT2D eigenvalue weighted by Crippen LogP contribution is 2.42. The number of halogens is 1. The number of anilines is 1. The van der Waals surface area contributed by atoms with Crippen LogP contribution >= 0.6 is 0 Å². The predicted molar refractivity (Wildman–Crippen MR) is 108 cm³/mol. The number of carbonyl (C=O) groups is 1. The highest BCUT2D eigenvalue weighted by molar-refractivity contribution is 6.36. The molecule has 3 aliphatic heterocycles. The fourth-order valence-electron chi connectivity index (χ4n) is 4.59. The van der Waals surface area contributed by atoms with Gasteiger partial charge in [0.05, 0.1) is 5.57 Å². The molecule has 150 valence electrons. The van der Waals surface area contributed by atoms with E-state index in [-0.39, 0.29) is 18.3 Å². The molecule has 0 saturated carbocycles. The molecule has 0 radical (unpaired) electrons. The molecule has 5 nitrogen and oxygen atoms in total. The van der Waals surface area contributed by atoms with Crippen molar-refractivity contribution in [1.82, 2.24) is 4.90 Å². The predicted octanol–water partition coefficient (Wildman–Crippen LogP) is 3.38. The summed E-state index contributed by atoms with van der Waals surface area (Å²) < 4.78 is 19.7. The number of carbonyl (C=O) groups excluding carboxylic acids is 1. The molecule has 0 aromatic heterocycles. The first kappa shape index (κ1) is 18.3. The zero-order chi connectivity index (χ0) is 20.0. The van der Waals surface area contributed by atoms with Crippen molar-refractivity contribution in [2.24, 2.45) is 5.92 Å². The van der Waals surface area contributed by atoms with Gasteiger partial charge in [-0.2, -0.15) is 0 Å². The van der Waals surface area contributed by atoms with Gasteiger partial charge in [0.2, 0.25) is 0 Å². The smallest absolute Gasteiger partial charge is 0.260 e. The number of likely N-dealkylation sites (tertiary alicyclic amines) is 1. The second kappa shape index (κ2) is 7.28. The number of fused-ring (bicyclic) bond motifs is 2. The van der Waals surface area contributed by atoms with E-state index >= 15 is 0 Å². The average molecular weight is 394 g/mol. The maximum absolute atomic E-state index is 13.8. The summed E-state index contributed by atoms with van der Waals surface area (Å²) >= 11 is 0. The van der Waals surface area contributed by atoms with E-state index in [9.17, 15) is 14.3 Å². The highest BCUT2D eigenvalue weighted by atomic mass is 19.1. The number of rotatable bonds is 3. The van der Waals surface area contributed by atoms with Gasteiger partial charge in [0.1, 0.15) is 18.2 Å². The Morgan fingerprint density at radius 1 is 1.21 bits per heavy atom. The van der Waals surface area contributed by atoms with Crippen molar-refractivity contribution in [1.29, 1.82) is 0 Å². The van der Waals surface area contributed by atoms with E-state index in [0.29, 0.717) is 35.1 Å². The number of nitrogens with zero attached hydrogens (tertiary/aromatic N) is 1. The zero-order valence-electron chi connectivity index (χ0n) is 16.1. The lowest BCUT2D eigenvalue weighted by Gasteiger charge is -2.31. The van der Waals surface area contributed by atoms with Crippen molar-refractivity contribution in [3.8, 4) is 0 Å². The lowest BCUT2D eigenvalue weighted by molar-refractivity contribution is -0.110. The molecule has 0 aliphatic carbocycles. The van der Waals surface area contributed by atoms with Crippen LogP contribution in [0, 0.1) is 11.7 Å². The molecule has 0 bridgehead atoms. The molecular weight excluding hydrogens is 371 g/mol. The Hall–Kier alpha value is -2.70. The van der Waals surface area contributed by atoms with E-state index in [2.05, 4.69) is 22.3 Å². The van der Waals surface area contributed by atoms with Gasteiger partial charge in [-0.25, -0.2) is 4.39 Å². The van der Waals surface area contributed by atoms with E-state index in [0.717, 1.165) is 43.6 Å². The van der Waals surface area contributed by atoms with Gasteiger partial charge in [0, 0.05) is 42.1 Å². The van der Waals surface area contributed by atoms with Crippen molar-refractivity contribution in [3.05, 3.63) is 64.5 Å². The third-order valence-electron chi connectivity index (χ3n) is 6.01. The van der Waals surface area contributed by atoms with Crippen LogP contribution in [0.15, 0.2) is 36.4 Å². The summed E-state index contributed by atoms with van der Waals surface area (Å²) in [7, 11) is 0. The summed E-state index contributed by atoms with van der Waals surface area (Å²) in [5.74, 6) is 0.237. The molecule has 3 heterocycles. The molecule has 2 aromatic carbocycles. The lowest BCUT2D eigenvalue weighted by atomic mass is 9.97. The van der Waals surface area contributed by atoms with E-state index in [4.69, 9.17) is 4.74 Å². The van der Waals surface area contributed by atoms with E-state index in [1.165, 1.54) is 17.7 Å². The summed E-state index contributed by atoms with van der Waals surface area (Å²) in [5.41, 5.74) is 4.68. The molecule has 1 atom stereocenters. The van der Waals surface area contributed by atoms with Gasteiger partial charge < -0.3 is 15.2 Å². The molecule has 6 heteroatoms. The van der Waals surface area contributed by atoms with E-state index in [1.807, 2.05) is 6.07 Å². The van der Waals surface area contributed by atoms with Crippen molar-refractivity contribution in [2.75, 3.05) is 25.0 Å². The maximum Gasteiger partial charge on any atom is 0.260 e. The molecule has 2 N–H and O–H groups in total. The number of aliphatic hydroxyl groups excluding tert-OH is 1. The molecule has 0 spiro atoms. The van der Waals surface area contributed by atoms with Gasteiger partial charge in [0.25, 0.3) is 5.91 Å². The molecular formula is C23H23FN2O3. The Labute approximate surface area is 168 Å². The second-order valence-electron chi connectivity index (χ2n) is 8.05. The van der Waals surface area contributed by atoms with Gasteiger partial charge in [-0.3, -0.25) is 9.69 Å². The van der Waals surface area contributed by atoms with Crippen LogP contribution in [0.1, 0.15) is 35.1 Å². The minimum atomic E-state index is -0.380. The van der Waals surface area contributed by atoms with Crippen LogP contribution in [-0.4, -0.2) is 35.6 Å².